The molecule has 0 aliphatic heterocycles. The van der Waals surface area contributed by atoms with Crippen molar-refractivity contribution in [1.29, 1.82) is 0 Å². The Balaban J connectivity index is 1.95. The number of unbranched alkanes of at least 4 members (excludes halogenated alkanes) is 2. The third kappa shape index (κ3) is 11.6. The zero-order valence-corrected chi connectivity index (χ0v) is 22.5. The summed E-state index contributed by atoms with van der Waals surface area (Å²) in [5.41, 5.74) is 0.391. The molecule has 210 valence electrons. The van der Waals surface area contributed by atoms with Crippen LogP contribution in [0.1, 0.15) is 69.8 Å². The van der Waals surface area contributed by atoms with Gasteiger partial charge in [0.05, 0.1) is 37.3 Å². The summed E-state index contributed by atoms with van der Waals surface area (Å²) in [5, 5.41) is 15.7. The van der Waals surface area contributed by atoms with Crippen molar-refractivity contribution in [1.82, 2.24) is 10.6 Å². The Bertz CT molecular complexity index is 882. The van der Waals surface area contributed by atoms with Crippen LogP contribution >= 0.6 is 0 Å². The van der Waals surface area contributed by atoms with Gasteiger partial charge >= 0.3 is 5.97 Å². The minimum absolute atomic E-state index is 0.0263. The molecule has 0 saturated heterocycles. The molecule has 1 aromatic carbocycles. The fourth-order valence-electron chi connectivity index (χ4n) is 4.60. The molecule has 1 aliphatic rings. The Kier molecular flexibility index (Phi) is 14.4. The smallest absolute Gasteiger partial charge is 0.305 e. The summed E-state index contributed by atoms with van der Waals surface area (Å²) in [6.45, 7) is 7.77. The highest BCUT2D eigenvalue weighted by atomic mass is 16.5. The zero-order chi connectivity index (χ0) is 27.6. The minimum atomic E-state index is -0.643. The number of carbonyl (C=O) groups is 3. The third-order valence-electron chi connectivity index (χ3n) is 6.78. The number of allylic oxidation sites excluding steroid dienone is 2. The lowest BCUT2D eigenvalue weighted by atomic mass is 9.95. The molecule has 8 nitrogen and oxygen atoms in total. The van der Waals surface area contributed by atoms with E-state index in [1.807, 2.05) is 36.4 Å². The van der Waals surface area contributed by atoms with Gasteiger partial charge in [0.15, 0.2) is 0 Å². The van der Waals surface area contributed by atoms with Crippen LogP contribution in [0.5, 0.6) is 0 Å². The number of hydrogen-bond donors (Lipinski definition) is 3. The van der Waals surface area contributed by atoms with E-state index in [2.05, 4.69) is 23.8 Å². The van der Waals surface area contributed by atoms with E-state index in [1.54, 1.807) is 6.08 Å². The van der Waals surface area contributed by atoms with E-state index in [1.165, 1.54) is 0 Å². The highest BCUT2D eigenvalue weighted by molar-refractivity contribution is 5.86. The predicted octanol–water partition coefficient (Wildman–Crippen LogP) is 3.98. The molecule has 38 heavy (non-hydrogen) atoms. The molecular formula is C30H44N2O6. The Morgan fingerprint density at radius 1 is 1.05 bits per heavy atom. The molecule has 1 fully saturated rings. The van der Waals surface area contributed by atoms with Gasteiger partial charge < -0.3 is 25.2 Å². The first-order valence-corrected chi connectivity index (χ1v) is 13.6. The van der Waals surface area contributed by atoms with E-state index in [-0.39, 0.29) is 44.0 Å². The monoisotopic (exact) mass is 528 g/mol. The maximum atomic E-state index is 13.2. The van der Waals surface area contributed by atoms with E-state index in [0.717, 1.165) is 44.1 Å². The number of hydrogen-bond acceptors (Lipinski definition) is 6. The number of aliphatic hydroxyl groups excluding tert-OH is 1. The average molecular weight is 529 g/mol. The Hall–Kier alpha value is -2.97. The van der Waals surface area contributed by atoms with Gasteiger partial charge in [-0.1, -0.05) is 55.3 Å². The van der Waals surface area contributed by atoms with Crippen molar-refractivity contribution in [3.8, 4) is 0 Å². The first kappa shape index (κ1) is 31.2. The molecular weight excluding hydrogens is 484 g/mol. The summed E-state index contributed by atoms with van der Waals surface area (Å²) in [4.78, 5) is 38.2. The SMILES string of the molecule is C=CCCCCC(=O)OC[C@H](COCc1ccccc1)NC(=O)[C@H](CC=C)CC(=O)NC1(CO)CCCC1. The van der Waals surface area contributed by atoms with Crippen LogP contribution in [0.3, 0.4) is 0 Å². The summed E-state index contributed by atoms with van der Waals surface area (Å²) in [6.07, 6.45) is 9.79. The Morgan fingerprint density at radius 2 is 1.79 bits per heavy atom. The number of rotatable bonds is 19. The topological polar surface area (TPSA) is 114 Å². The second kappa shape index (κ2) is 17.5. The number of benzene rings is 1. The summed E-state index contributed by atoms with van der Waals surface area (Å²) in [5.74, 6) is -1.58. The van der Waals surface area contributed by atoms with Crippen molar-refractivity contribution in [3.63, 3.8) is 0 Å². The number of ether oxygens (including phenoxy) is 2. The lowest BCUT2D eigenvalue weighted by Gasteiger charge is -2.29. The second-order valence-corrected chi connectivity index (χ2v) is 10.0. The molecule has 0 unspecified atom stereocenters. The predicted molar refractivity (Wildman–Crippen MR) is 147 cm³/mol. The van der Waals surface area contributed by atoms with Gasteiger partial charge in [-0.2, -0.15) is 0 Å². The largest absolute Gasteiger partial charge is 0.463 e. The van der Waals surface area contributed by atoms with Gasteiger partial charge in [0, 0.05) is 12.8 Å². The van der Waals surface area contributed by atoms with Crippen LogP contribution in [0.2, 0.25) is 0 Å². The van der Waals surface area contributed by atoms with Crippen molar-refractivity contribution < 1.29 is 29.0 Å². The zero-order valence-electron chi connectivity index (χ0n) is 22.5. The van der Waals surface area contributed by atoms with Crippen molar-refractivity contribution in [2.24, 2.45) is 5.92 Å². The molecule has 1 aromatic rings. The molecule has 2 rings (SSSR count). The molecule has 2 atom stereocenters. The first-order chi connectivity index (χ1) is 18.4. The van der Waals surface area contributed by atoms with Gasteiger partial charge in [-0.15, -0.1) is 13.2 Å². The van der Waals surface area contributed by atoms with Crippen LogP contribution in [0.4, 0.5) is 0 Å². The van der Waals surface area contributed by atoms with E-state index in [4.69, 9.17) is 9.47 Å². The van der Waals surface area contributed by atoms with Gasteiger partial charge in [-0.3, -0.25) is 14.4 Å². The van der Waals surface area contributed by atoms with E-state index in [0.29, 0.717) is 25.9 Å². The highest BCUT2D eigenvalue weighted by Crippen LogP contribution is 2.29. The number of carbonyl (C=O) groups excluding carboxylic acids is 3. The lowest BCUT2D eigenvalue weighted by molar-refractivity contribution is -0.146. The molecule has 2 amide bonds. The molecule has 1 saturated carbocycles. The van der Waals surface area contributed by atoms with E-state index < -0.39 is 17.5 Å². The number of amides is 2. The Morgan fingerprint density at radius 3 is 2.45 bits per heavy atom. The first-order valence-electron chi connectivity index (χ1n) is 13.6. The molecule has 0 heterocycles. The lowest BCUT2D eigenvalue weighted by Crippen LogP contribution is -2.50. The van der Waals surface area contributed by atoms with E-state index in [9.17, 15) is 19.5 Å². The van der Waals surface area contributed by atoms with Crippen LogP contribution < -0.4 is 10.6 Å². The van der Waals surface area contributed by atoms with Gasteiger partial charge in [-0.05, 0) is 44.1 Å². The number of nitrogens with one attached hydrogen (secondary N) is 2. The van der Waals surface area contributed by atoms with Crippen LogP contribution in [0.25, 0.3) is 0 Å². The number of esters is 1. The van der Waals surface area contributed by atoms with Crippen LogP contribution in [-0.4, -0.2) is 54.3 Å². The van der Waals surface area contributed by atoms with Crippen molar-refractivity contribution in [2.45, 2.75) is 82.4 Å². The van der Waals surface area contributed by atoms with Crippen molar-refractivity contribution in [3.05, 3.63) is 61.2 Å². The standard InChI is InChI=1S/C30H44N2O6/c1-3-5-6-10-16-28(35)38-22-26(21-37-20-24-14-8-7-9-15-24)31-29(36)25(13-4-2)19-27(34)32-30(23-33)17-11-12-18-30/h3-4,7-9,14-15,25-26,33H,1-2,5-6,10-13,16-23H2,(H,31,36)(H,32,34)/t25-,26+/m1/s1. The maximum absolute atomic E-state index is 13.2. The van der Waals surface area contributed by atoms with Crippen LogP contribution in [0, 0.1) is 5.92 Å². The second-order valence-electron chi connectivity index (χ2n) is 10.0. The minimum Gasteiger partial charge on any atom is -0.463 e. The van der Waals surface area contributed by atoms with Crippen molar-refractivity contribution >= 4 is 17.8 Å². The van der Waals surface area contributed by atoms with Gasteiger partial charge in [-0.25, -0.2) is 0 Å². The fourth-order valence-corrected chi connectivity index (χ4v) is 4.60. The molecule has 0 radical (unpaired) electrons. The van der Waals surface area contributed by atoms with E-state index >= 15 is 0 Å². The normalized spacial score (nSPS) is 15.7. The molecule has 0 bridgehead atoms. The van der Waals surface area contributed by atoms with Crippen LogP contribution in [-0.2, 0) is 30.5 Å². The summed E-state index contributed by atoms with van der Waals surface area (Å²) >= 11 is 0. The van der Waals surface area contributed by atoms with Gasteiger partial charge in [0.1, 0.15) is 6.61 Å². The molecule has 0 aromatic heterocycles. The van der Waals surface area contributed by atoms with Gasteiger partial charge in [0.25, 0.3) is 0 Å². The highest BCUT2D eigenvalue weighted by Gasteiger charge is 2.35. The molecule has 1 aliphatic carbocycles. The average Bonchev–Trinajstić information content (AvgIpc) is 3.38. The summed E-state index contributed by atoms with van der Waals surface area (Å²) < 4.78 is 11.3. The van der Waals surface area contributed by atoms with Crippen molar-refractivity contribution in [2.75, 3.05) is 19.8 Å². The van der Waals surface area contributed by atoms with Crippen LogP contribution in [0.15, 0.2) is 55.6 Å². The molecule has 3 N–H and O–H groups in total. The summed E-state index contributed by atoms with van der Waals surface area (Å²) in [6, 6.07) is 9.08. The molecule has 8 heteroatoms. The molecule has 0 spiro atoms. The maximum Gasteiger partial charge on any atom is 0.305 e. The summed E-state index contributed by atoms with van der Waals surface area (Å²) in [7, 11) is 0. The fraction of sp³-hybridized carbons (Fsp3) is 0.567. The number of aliphatic hydroxyl groups is 1. The van der Waals surface area contributed by atoms with Gasteiger partial charge in [0.2, 0.25) is 11.8 Å². The quantitative estimate of drug-likeness (QED) is 0.142. The Labute approximate surface area is 226 Å². The third-order valence-corrected chi connectivity index (χ3v) is 6.78.